The molecule has 4 amide bonds. The van der Waals surface area contributed by atoms with Crippen molar-refractivity contribution in [2.75, 3.05) is 13.1 Å². The zero-order valence-electron chi connectivity index (χ0n) is 24.9. The molecule has 1 aliphatic heterocycles. The molecular weight excluding hydrogens is 557 g/mol. The van der Waals surface area contributed by atoms with Crippen LogP contribution in [0.15, 0.2) is 12.7 Å². The van der Waals surface area contributed by atoms with Crippen molar-refractivity contribution in [3.63, 3.8) is 0 Å². The summed E-state index contributed by atoms with van der Waals surface area (Å²) in [4.78, 5) is 66.6. The van der Waals surface area contributed by atoms with Crippen LogP contribution in [0.4, 0.5) is 18.0 Å². The van der Waals surface area contributed by atoms with E-state index in [-0.39, 0.29) is 36.3 Å². The highest BCUT2D eigenvalue weighted by atomic mass is 19.4. The molecule has 3 aliphatic rings. The number of alkyl halides is 3. The zero-order valence-corrected chi connectivity index (χ0v) is 24.9. The van der Waals surface area contributed by atoms with Gasteiger partial charge in [-0.1, -0.05) is 39.2 Å². The molecule has 5 atom stereocenters. The van der Waals surface area contributed by atoms with Crippen molar-refractivity contribution in [3.8, 4) is 0 Å². The highest BCUT2D eigenvalue weighted by Crippen LogP contribution is 2.65. The van der Waals surface area contributed by atoms with Gasteiger partial charge in [-0.15, -0.1) is 6.58 Å². The quantitative estimate of drug-likeness (QED) is 0.261. The van der Waals surface area contributed by atoms with Crippen LogP contribution >= 0.6 is 0 Å². The van der Waals surface area contributed by atoms with E-state index in [4.69, 9.17) is 4.74 Å². The van der Waals surface area contributed by atoms with E-state index in [2.05, 4.69) is 22.5 Å². The van der Waals surface area contributed by atoms with E-state index < -0.39 is 65.9 Å². The predicted octanol–water partition coefficient (Wildman–Crippen LogP) is 3.25. The Kier molecular flexibility index (Phi) is 10.0. The second kappa shape index (κ2) is 12.6. The van der Waals surface area contributed by atoms with Gasteiger partial charge in [0.25, 0.3) is 5.91 Å². The average molecular weight is 601 g/mol. The summed E-state index contributed by atoms with van der Waals surface area (Å²) in [6, 6.07) is -4.34. The number of nitrogens with one attached hydrogen (secondary N) is 3. The smallest absolute Gasteiger partial charge is 0.408 e. The van der Waals surface area contributed by atoms with E-state index in [0.29, 0.717) is 12.8 Å². The molecule has 2 aliphatic carbocycles. The maximum absolute atomic E-state index is 14.1. The van der Waals surface area contributed by atoms with Gasteiger partial charge in [-0.3, -0.25) is 19.2 Å². The molecule has 236 valence electrons. The largest absolute Gasteiger partial charge is 0.444 e. The SMILES string of the molecule is C=CCNC(=O)C(=O)C(CC(F)(F)F)NC(=O)C1C2C(CN1C(=O)C(NC(=O)OC(C)(C)C)C1CCCCC1)C2(C)C. The van der Waals surface area contributed by atoms with E-state index in [1.54, 1.807) is 20.8 Å². The molecule has 3 N–H and O–H groups in total. The molecule has 0 bridgehead atoms. The van der Waals surface area contributed by atoms with Gasteiger partial charge in [-0.25, -0.2) is 4.79 Å². The third kappa shape index (κ3) is 8.03. The lowest BCUT2D eigenvalue weighted by Crippen LogP contribution is -2.60. The lowest BCUT2D eigenvalue weighted by atomic mass is 9.83. The number of carbonyl (C=O) groups excluding carboxylic acids is 5. The Morgan fingerprint density at radius 2 is 1.67 bits per heavy atom. The molecule has 0 radical (unpaired) electrons. The van der Waals surface area contributed by atoms with Crippen LogP contribution in [-0.2, 0) is 23.9 Å². The average Bonchev–Trinajstić information content (AvgIpc) is 3.21. The van der Waals surface area contributed by atoms with Gasteiger partial charge in [0.2, 0.25) is 17.6 Å². The molecule has 13 heteroatoms. The lowest BCUT2D eigenvalue weighted by Gasteiger charge is -2.37. The third-order valence-corrected chi connectivity index (χ3v) is 8.52. The fourth-order valence-corrected chi connectivity index (χ4v) is 6.38. The van der Waals surface area contributed by atoms with E-state index in [1.165, 1.54) is 11.0 Å². The summed E-state index contributed by atoms with van der Waals surface area (Å²) in [6.45, 7) is 12.3. The van der Waals surface area contributed by atoms with Crippen molar-refractivity contribution >= 4 is 29.6 Å². The molecule has 5 unspecified atom stereocenters. The minimum absolute atomic E-state index is 0.0987. The topological polar surface area (TPSA) is 134 Å². The van der Waals surface area contributed by atoms with Gasteiger partial charge in [0, 0.05) is 13.1 Å². The highest BCUT2D eigenvalue weighted by Gasteiger charge is 2.70. The predicted molar refractivity (Wildman–Crippen MR) is 147 cm³/mol. The normalized spacial score (nSPS) is 25.0. The number of halogens is 3. The lowest BCUT2D eigenvalue weighted by molar-refractivity contribution is -0.155. The third-order valence-electron chi connectivity index (χ3n) is 8.52. The number of carbonyl (C=O) groups is 5. The standard InChI is InChI=1S/C29H43F3N4O6/c1-7-13-33-24(39)22(37)18(14-29(30,31)32)34-23(38)21-19-17(28(19,5)6)15-36(21)25(40)20(16-11-9-8-10-12-16)35-26(41)42-27(2,3)4/h7,16-21H,1,8-15H2,2-6H3,(H,33,39)(H,34,38)(H,35,41). The van der Waals surface area contributed by atoms with Crippen molar-refractivity contribution in [3.05, 3.63) is 12.7 Å². The van der Waals surface area contributed by atoms with Crippen LogP contribution in [-0.4, -0.2) is 77.5 Å². The Balaban J connectivity index is 1.88. The first-order valence-corrected chi connectivity index (χ1v) is 14.5. The van der Waals surface area contributed by atoms with E-state index in [1.807, 2.05) is 13.8 Å². The van der Waals surface area contributed by atoms with Gasteiger partial charge < -0.3 is 25.6 Å². The number of Topliss-reactive ketones (excluding diaryl/α,β-unsaturated/α-hetero) is 1. The number of piperidine rings is 1. The first-order chi connectivity index (χ1) is 19.4. The second-order valence-corrected chi connectivity index (χ2v) is 13.2. The van der Waals surface area contributed by atoms with Crippen LogP contribution in [0.2, 0.25) is 0 Å². The first kappa shape index (κ1) is 33.4. The summed E-state index contributed by atoms with van der Waals surface area (Å²) in [6.07, 6.45) is -2.05. The Labute approximate surface area is 244 Å². The maximum atomic E-state index is 14.1. The number of amides is 4. The van der Waals surface area contributed by atoms with Gasteiger partial charge in [0.15, 0.2) is 0 Å². The van der Waals surface area contributed by atoms with Crippen LogP contribution in [0.5, 0.6) is 0 Å². The molecule has 1 saturated heterocycles. The molecule has 1 heterocycles. The number of alkyl carbamates (subject to hydrolysis) is 1. The Bertz CT molecular complexity index is 1080. The van der Waals surface area contributed by atoms with Gasteiger partial charge in [-0.2, -0.15) is 13.2 Å². The molecule has 3 fully saturated rings. The molecule has 2 saturated carbocycles. The van der Waals surface area contributed by atoms with Crippen LogP contribution in [0.3, 0.4) is 0 Å². The monoisotopic (exact) mass is 600 g/mol. The summed E-state index contributed by atoms with van der Waals surface area (Å²) < 4.78 is 45.6. The van der Waals surface area contributed by atoms with Gasteiger partial charge in [-0.05, 0) is 56.8 Å². The van der Waals surface area contributed by atoms with E-state index in [0.717, 1.165) is 19.3 Å². The van der Waals surface area contributed by atoms with Crippen molar-refractivity contribution in [1.82, 2.24) is 20.9 Å². The molecule has 0 aromatic rings. The number of fused-ring (bicyclic) bond motifs is 1. The molecule has 0 aromatic heterocycles. The number of nitrogens with zero attached hydrogens (tertiary/aromatic N) is 1. The summed E-state index contributed by atoms with van der Waals surface area (Å²) in [5.74, 6) is -4.87. The highest BCUT2D eigenvalue weighted by molar-refractivity contribution is 6.38. The summed E-state index contributed by atoms with van der Waals surface area (Å²) in [5.41, 5.74) is -1.19. The molecular formula is C29H43F3N4O6. The second-order valence-electron chi connectivity index (χ2n) is 13.2. The van der Waals surface area contributed by atoms with Crippen molar-refractivity contribution in [1.29, 1.82) is 0 Å². The Morgan fingerprint density at radius 1 is 1.05 bits per heavy atom. The molecule has 0 spiro atoms. The fourth-order valence-electron chi connectivity index (χ4n) is 6.38. The van der Waals surface area contributed by atoms with Crippen LogP contribution in [0.25, 0.3) is 0 Å². The molecule has 10 nitrogen and oxygen atoms in total. The number of ether oxygens (including phenoxy) is 1. The van der Waals surface area contributed by atoms with Crippen molar-refractivity contribution < 1.29 is 41.9 Å². The molecule has 42 heavy (non-hydrogen) atoms. The van der Waals surface area contributed by atoms with E-state index in [9.17, 15) is 37.1 Å². The van der Waals surface area contributed by atoms with E-state index >= 15 is 0 Å². The number of hydrogen-bond acceptors (Lipinski definition) is 6. The Morgan fingerprint density at radius 3 is 2.21 bits per heavy atom. The zero-order chi connectivity index (χ0) is 31.6. The Hall–Kier alpha value is -3.12. The molecule has 0 aromatic carbocycles. The van der Waals surface area contributed by atoms with Crippen LogP contribution in [0, 0.1) is 23.2 Å². The minimum atomic E-state index is -4.86. The van der Waals surface area contributed by atoms with Crippen molar-refractivity contribution in [2.45, 2.75) is 103 Å². The van der Waals surface area contributed by atoms with Crippen LogP contribution in [0.1, 0.15) is 73.1 Å². The first-order valence-electron chi connectivity index (χ1n) is 14.5. The summed E-state index contributed by atoms with van der Waals surface area (Å²) >= 11 is 0. The summed E-state index contributed by atoms with van der Waals surface area (Å²) in [5, 5.41) is 6.99. The number of hydrogen-bond donors (Lipinski definition) is 3. The fraction of sp³-hybridized carbons (Fsp3) is 0.759. The van der Waals surface area contributed by atoms with Crippen LogP contribution < -0.4 is 16.0 Å². The number of rotatable bonds is 10. The molecule has 3 rings (SSSR count). The van der Waals surface area contributed by atoms with Gasteiger partial charge >= 0.3 is 12.3 Å². The summed E-state index contributed by atoms with van der Waals surface area (Å²) in [7, 11) is 0. The van der Waals surface area contributed by atoms with Crippen molar-refractivity contribution in [2.24, 2.45) is 23.2 Å². The van der Waals surface area contributed by atoms with Gasteiger partial charge in [0.05, 0.1) is 6.42 Å². The number of ketones is 1. The minimum Gasteiger partial charge on any atom is -0.444 e. The maximum Gasteiger partial charge on any atom is 0.408 e. The van der Waals surface area contributed by atoms with Gasteiger partial charge in [0.1, 0.15) is 23.7 Å². The number of likely N-dealkylation sites (tertiary alicyclic amines) is 1.